The van der Waals surface area contributed by atoms with Gasteiger partial charge in [0.2, 0.25) is 0 Å². The molecule has 1 aliphatic carbocycles. The van der Waals surface area contributed by atoms with Crippen molar-refractivity contribution in [3.8, 4) is 0 Å². The molecule has 1 aromatic rings. The van der Waals surface area contributed by atoms with Gasteiger partial charge in [-0.15, -0.1) is 0 Å². The van der Waals surface area contributed by atoms with E-state index in [1.807, 2.05) is 0 Å². The Labute approximate surface area is 106 Å². The highest BCUT2D eigenvalue weighted by molar-refractivity contribution is 5.49. The van der Waals surface area contributed by atoms with Gasteiger partial charge < -0.3 is 4.79 Å². The summed E-state index contributed by atoms with van der Waals surface area (Å²) in [6.07, 6.45) is 7.44. The van der Waals surface area contributed by atoms with E-state index in [0.29, 0.717) is 6.42 Å². The predicted molar refractivity (Wildman–Crippen MR) is 66.4 cm³/mol. The van der Waals surface area contributed by atoms with Crippen LogP contribution in [0.25, 0.3) is 0 Å². The maximum atomic E-state index is 13.4. The molecule has 1 saturated carbocycles. The first-order valence-electron chi connectivity index (χ1n) is 6.57. The van der Waals surface area contributed by atoms with Crippen LogP contribution in [0.3, 0.4) is 0 Å². The highest BCUT2D eigenvalue weighted by Gasteiger charge is 2.33. The third-order valence-electron chi connectivity index (χ3n) is 4.08. The first kappa shape index (κ1) is 13.2. The zero-order valence-corrected chi connectivity index (χ0v) is 10.4. The van der Waals surface area contributed by atoms with Gasteiger partial charge in [0.1, 0.15) is 6.29 Å². The number of carbonyl (C=O) groups is 1. The first-order chi connectivity index (χ1) is 8.68. The molecule has 0 saturated heterocycles. The van der Waals surface area contributed by atoms with Crippen LogP contribution in [-0.2, 0) is 10.2 Å². The molecular formula is C15H18F2O. The van der Waals surface area contributed by atoms with Crippen molar-refractivity contribution in [3.05, 3.63) is 35.4 Å². The first-order valence-corrected chi connectivity index (χ1v) is 6.57. The van der Waals surface area contributed by atoms with E-state index in [1.165, 1.54) is 18.6 Å². The Morgan fingerprint density at radius 2 is 1.83 bits per heavy atom. The molecule has 0 heterocycles. The molecule has 1 aliphatic rings. The zero-order valence-electron chi connectivity index (χ0n) is 10.4. The van der Waals surface area contributed by atoms with Gasteiger partial charge in [0.25, 0.3) is 0 Å². The van der Waals surface area contributed by atoms with Gasteiger partial charge in [-0.3, -0.25) is 0 Å². The smallest absolute Gasteiger partial charge is 0.159 e. The Morgan fingerprint density at radius 3 is 2.44 bits per heavy atom. The molecule has 1 aromatic carbocycles. The van der Waals surface area contributed by atoms with Gasteiger partial charge >= 0.3 is 0 Å². The fourth-order valence-corrected chi connectivity index (χ4v) is 3.07. The lowest BCUT2D eigenvalue weighted by atomic mass is 9.67. The summed E-state index contributed by atoms with van der Waals surface area (Å²) in [6.45, 7) is 0. The lowest BCUT2D eigenvalue weighted by Crippen LogP contribution is -2.29. The third kappa shape index (κ3) is 2.60. The summed E-state index contributed by atoms with van der Waals surface area (Å²) in [4.78, 5) is 10.6. The molecular weight excluding hydrogens is 234 g/mol. The van der Waals surface area contributed by atoms with Gasteiger partial charge in [-0.25, -0.2) is 8.78 Å². The molecule has 0 amide bonds. The average Bonchev–Trinajstić information content (AvgIpc) is 2.40. The number of aldehydes is 1. The Morgan fingerprint density at radius 1 is 1.11 bits per heavy atom. The van der Waals surface area contributed by atoms with E-state index in [-0.39, 0.29) is 5.41 Å². The lowest BCUT2D eigenvalue weighted by Gasteiger charge is -2.37. The van der Waals surface area contributed by atoms with Gasteiger partial charge in [-0.05, 0) is 42.4 Å². The van der Waals surface area contributed by atoms with Gasteiger partial charge in [0.15, 0.2) is 11.6 Å². The topological polar surface area (TPSA) is 17.1 Å². The highest BCUT2D eigenvalue weighted by Crippen LogP contribution is 2.43. The number of hydrogen-bond acceptors (Lipinski definition) is 1. The van der Waals surface area contributed by atoms with E-state index in [1.54, 1.807) is 6.07 Å². The van der Waals surface area contributed by atoms with Crippen LogP contribution < -0.4 is 0 Å². The average molecular weight is 252 g/mol. The van der Waals surface area contributed by atoms with Crippen molar-refractivity contribution in [2.75, 3.05) is 0 Å². The van der Waals surface area contributed by atoms with Gasteiger partial charge in [0, 0.05) is 6.42 Å². The van der Waals surface area contributed by atoms with E-state index >= 15 is 0 Å². The molecule has 1 fully saturated rings. The second-order valence-corrected chi connectivity index (χ2v) is 5.18. The van der Waals surface area contributed by atoms with Crippen LogP contribution in [0.2, 0.25) is 0 Å². The normalized spacial score (nSPS) is 18.6. The minimum absolute atomic E-state index is 0.131. The van der Waals surface area contributed by atoms with Crippen LogP contribution in [-0.4, -0.2) is 6.29 Å². The Bertz CT molecular complexity index is 423. The van der Waals surface area contributed by atoms with Crippen LogP contribution in [0.1, 0.15) is 50.5 Å². The summed E-state index contributed by atoms with van der Waals surface area (Å²) in [5, 5.41) is 0. The Kier molecular flexibility index (Phi) is 4.10. The van der Waals surface area contributed by atoms with Crippen molar-refractivity contribution >= 4 is 6.29 Å². The fourth-order valence-electron chi connectivity index (χ4n) is 3.07. The highest BCUT2D eigenvalue weighted by atomic mass is 19.2. The summed E-state index contributed by atoms with van der Waals surface area (Å²) < 4.78 is 26.4. The van der Waals surface area contributed by atoms with E-state index < -0.39 is 11.6 Å². The number of hydrogen-bond donors (Lipinski definition) is 0. The molecule has 0 aromatic heterocycles. The second-order valence-electron chi connectivity index (χ2n) is 5.18. The van der Waals surface area contributed by atoms with Crippen LogP contribution in [0.15, 0.2) is 18.2 Å². The molecule has 1 nitrogen and oxygen atoms in total. The van der Waals surface area contributed by atoms with Crippen LogP contribution in [0.5, 0.6) is 0 Å². The molecule has 98 valence electrons. The maximum absolute atomic E-state index is 13.4. The number of benzene rings is 1. The molecule has 0 aliphatic heterocycles. The van der Waals surface area contributed by atoms with E-state index in [9.17, 15) is 13.6 Å². The van der Waals surface area contributed by atoms with Gasteiger partial charge in [-0.2, -0.15) is 0 Å². The summed E-state index contributed by atoms with van der Waals surface area (Å²) in [5.41, 5.74) is 0.719. The van der Waals surface area contributed by atoms with Crippen LogP contribution >= 0.6 is 0 Å². The Balaban J connectivity index is 2.31. The molecule has 2 rings (SSSR count). The second kappa shape index (κ2) is 5.59. The molecule has 0 bridgehead atoms. The molecule has 3 heteroatoms. The van der Waals surface area contributed by atoms with E-state index in [0.717, 1.165) is 44.0 Å². The Hall–Kier alpha value is -1.25. The SMILES string of the molecule is O=CCCC1(c2ccc(F)c(F)c2)CCCCC1. The molecule has 0 unspecified atom stereocenters. The molecule has 0 N–H and O–H groups in total. The van der Waals surface area contributed by atoms with E-state index in [2.05, 4.69) is 0 Å². The minimum atomic E-state index is -0.805. The standard InChI is InChI=1S/C15H18F2O/c16-13-6-5-12(11-14(13)17)15(9-4-10-18)7-2-1-3-8-15/h5-6,10-11H,1-4,7-9H2. The minimum Gasteiger partial charge on any atom is -0.303 e. The van der Waals surface area contributed by atoms with Gasteiger partial charge in [-0.1, -0.05) is 25.3 Å². The number of rotatable bonds is 4. The van der Waals surface area contributed by atoms with Crippen molar-refractivity contribution in [1.29, 1.82) is 0 Å². The fraction of sp³-hybridized carbons (Fsp3) is 0.533. The maximum Gasteiger partial charge on any atom is 0.159 e. The van der Waals surface area contributed by atoms with Crippen molar-refractivity contribution in [3.63, 3.8) is 0 Å². The molecule has 0 atom stereocenters. The lowest BCUT2D eigenvalue weighted by molar-refractivity contribution is -0.108. The van der Waals surface area contributed by atoms with Crippen molar-refractivity contribution in [2.24, 2.45) is 0 Å². The quantitative estimate of drug-likeness (QED) is 0.736. The van der Waals surface area contributed by atoms with Crippen molar-refractivity contribution < 1.29 is 13.6 Å². The van der Waals surface area contributed by atoms with Crippen molar-refractivity contribution in [2.45, 2.75) is 50.4 Å². The summed E-state index contributed by atoms with van der Waals surface area (Å²) >= 11 is 0. The summed E-state index contributed by atoms with van der Waals surface area (Å²) in [6, 6.07) is 4.18. The summed E-state index contributed by atoms with van der Waals surface area (Å²) in [5.74, 6) is -1.59. The number of carbonyl (C=O) groups excluding carboxylic acids is 1. The molecule has 18 heavy (non-hydrogen) atoms. The van der Waals surface area contributed by atoms with Crippen molar-refractivity contribution in [1.82, 2.24) is 0 Å². The van der Waals surface area contributed by atoms with Gasteiger partial charge in [0.05, 0.1) is 0 Å². The number of halogens is 2. The van der Waals surface area contributed by atoms with Crippen LogP contribution in [0.4, 0.5) is 8.78 Å². The summed E-state index contributed by atoms with van der Waals surface area (Å²) in [7, 11) is 0. The molecule has 0 radical (unpaired) electrons. The van der Waals surface area contributed by atoms with E-state index in [4.69, 9.17) is 0 Å². The predicted octanol–water partition coefficient (Wildman–Crippen LogP) is 4.15. The van der Waals surface area contributed by atoms with Crippen LogP contribution in [0, 0.1) is 11.6 Å². The molecule has 0 spiro atoms. The largest absolute Gasteiger partial charge is 0.303 e. The third-order valence-corrected chi connectivity index (χ3v) is 4.08. The zero-order chi connectivity index (χ0) is 13.0. The monoisotopic (exact) mass is 252 g/mol.